The molecule has 0 aliphatic rings. The Bertz CT molecular complexity index is 429. The number of amides is 1. The van der Waals surface area contributed by atoms with E-state index >= 15 is 0 Å². The van der Waals surface area contributed by atoms with Gasteiger partial charge in [0.1, 0.15) is 12.4 Å². The molecule has 1 aromatic carbocycles. The summed E-state index contributed by atoms with van der Waals surface area (Å²) >= 11 is 0. The number of rotatable bonds is 7. The van der Waals surface area contributed by atoms with Gasteiger partial charge in [-0.15, -0.1) is 0 Å². The van der Waals surface area contributed by atoms with Crippen LogP contribution in [0.1, 0.15) is 24.2 Å². The Hall–Kier alpha value is -1.81. The van der Waals surface area contributed by atoms with Crippen LogP contribution in [0, 0.1) is 5.92 Å². The predicted molar refractivity (Wildman–Crippen MR) is 75.3 cm³/mol. The first kappa shape index (κ1) is 15.2. The van der Waals surface area contributed by atoms with Crippen molar-refractivity contribution in [2.45, 2.75) is 19.9 Å². The number of carbonyl (C=O) groups excluding carboxylic acids is 1. The average molecular weight is 263 g/mol. The molecule has 0 heterocycles. The van der Waals surface area contributed by atoms with Crippen LogP contribution in [-0.2, 0) is 0 Å². The topological polar surface area (TPSA) is 58.6 Å². The summed E-state index contributed by atoms with van der Waals surface area (Å²) in [5, 5.41) is 12.0. The maximum Gasteiger partial charge on any atom is 0.255 e. The van der Waals surface area contributed by atoms with Crippen LogP contribution in [0.25, 0.3) is 0 Å². The lowest BCUT2D eigenvalue weighted by molar-refractivity contribution is 0.0893. The average Bonchev–Trinajstić information content (AvgIpc) is 2.42. The van der Waals surface area contributed by atoms with E-state index in [4.69, 9.17) is 4.74 Å². The second-order valence-electron chi connectivity index (χ2n) is 4.60. The van der Waals surface area contributed by atoms with E-state index in [1.165, 1.54) is 0 Å². The lowest BCUT2D eigenvalue weighted by Gasteiger charge is -2.20. The fourth-order valence-corrected chi connectivity index (χ4v) is 1.60. The number of para-hydroxylation sites is 1. The molecule has 1 rings (SSSR count). The van der Waals surface area contributed by atoms with Crippen molar-refractivity contribution >= 4 is 5.91 Å². The standard InChI is InChI=1S/C15H21NO3/c1-4-9-19-14-8-6-5-7-12(14)15(18)16-13(10-17)11(2)3/h4-8,11,13,17H,1,9-10H2,2-3H3,(H,16,18)/t13-/m1/s1. The van der Waals surface area contributed by atoms with Gasteiger partial charge >= 0.3 is 0 Å². The highest BCUT2D eigenvalue weighted by atomic mass is 16.5. The van der Waals surface area contributed by atoms with Gasteiger partial charge in [0.25, 0.3) is 5.91 Å². The van der Waals surface area contributed by atoms with Gasteiger partial charge in [-0.1, -0.05) is 38.6 Å². The zero-order valence-electron chi connectivity index (χ0n) is 11.4. The summed E-state index contributed by atoms with van der Waals surface area (Å²) < 4.78 is 5.44. The van der Waals surface area contributed by atoms with Gasteiger partial charge in [0, 0.05) is 0 Å². The zero-order chi connectivity index (χ0) is 14.3. The fraction of sp³-hybridized carbons (Fsp3) is 0.400. The SMILES string of the molecule is C=CCOc1ccccc1C(=O)N[C@H](CO)C(C)C. The van der Waals surface area contributed by atoms with Crippen molar-refractivity contribution in [3.05, 3.63) is 42.5 Å². The molecule has 0 fully saturated rings. The van der Waals surface area contributed by atoms with E-state index in [-0.39, 0.29) is 24.5 Å². The van der Waals surface area contributed by atoms with Gasteiger partial charge in [0.15, 0.2) is 0 Å². The van der Waals surface area contributed by atoms with Crippen molar-refractivity contribution in [3.8, 4) is 5.75 Å². The molecule has 0 radical (unpaired) electrons. The summed E-state index contributed by atoms with van der Waals surface area (Å²) in [6.45, 7) is 7.73. The van der Waals surface area contributed by atoms with Crippen LogP contribution in [0.5, 0.6) is 5.75 Å². The van der Waals surface area contributed by atoms with E-state index in [1.807, 2.05) is 13.8 Å². The summed E-state index contributed by atoms with van der Waals surface area (Å²) in [4.78, 5) is 12.2. The molecule has 4 nitrogen and oxygen atoms in total. The molecular formula is C15H21NO3. The third-order valence-corrected chi connectivity index (χ3v) is 2.81. The Morgan fingerprint density at radius 1 is 1.47 bits per heavy atom. The highest BCUT2D eigenvalue weighted by Gasteiger charge is 2.18. The second kappa shape index (κ2) is 7.59. The van der Waals surface area contributed by atoms with Gasteiger partial charge in [-0.3, -0.25) is 4.79 Å². The predicted octanol–water partition coefficient (Wildman–Crippen LogP) is 2.00. The molecule has 0 aliphatic carbocycles. The minimum absolute atomic E-state index is 0.0842. The molecule has 0 aromatic heterocycles. The normalized spacial score (nSPS) is 12.0. The van der Waals surface area contributed by atoms with Crippen molar-refractivity contribution in [1.29, 1.82) is 0 Å². The van der Waals surface area contributed by atoms with Crippen LogP contribution < -0.4 is 10.1 Å². The quantitative estimate of drug-likeness (QED) is 0.740. The van der Waals surface area contributed by atoms with Crippen molar-refractivity contribution in [2.75, 3.05) is 13.2 Å². The number of nitrogens with one attached hydrogen (secondary N) is 1. The van der Waals surface area contributed by atoms with Crippen molar-refractivity contribution in [1.82, 2.24) is 5.32 Å². The van der Waals surface area contributed by atoms with Crippen molar-refractivity contribution in [2.24, 2.45) is 5.92 Å². The first-order valence-electron chi connectivity index (χ1n) is 6.34. The minimum Gasteiger partial charge on any atom is -0.489 e. The van der Waals surface area contributed by atoms with Gasteiger partial charge in [-0.2, -0.15) is 0 Å². The first-order chi connectivity index (χ1) is 9.10. The fourth-order valence-electron chi connectivity index (χ4n) is 1.60. The molecule has 2 N–H and O–H groups in total. The molecule has 4 heteroatoms. The molecule has 1 atom stereocenters. The molecule has 0 saturated carbocycles. The summed E-state index contributed by atoms with van der Waals surface area (Å²) in [5.41, 5.74) is 0.462. The lowest BCUT2D eigenvalue weighted by atomic mass is 10.0. The highest BCUT2D eigenvalue weighted by molar-refractivity contribution is 5.97. The monoisotopic (exact) mass is 263 g/mol. The number of carbonyl (C=O) groups is 1. The van der Waals surface area contributed by atoms with E-state index in [9.17, 15) is 9.90 Å². The Morgan fingerprint density at radius 2 is 2.16 bits per heavy atom. The Labute approximate surface area is 114 Å². The number of aliphatic hydroxyl groups is 1. The number of hydrogen-bond donors (Lipinski definition) is 2. The van der Waals surface area contributed by atoms with Crippen LogP contribution in [0.15, 0.2) is 36.9 Å². The molecule has 1 aromatic rings. The second-order valence-corrected chi connectivity index (χ2v) is 4.60. The van der Waals surface area contributed by atoms with Crippen LogP contribution in [-0.4, -0.2) is 30.3 Å². The van der Waals surface area contributed by atoms with Crippen LogP contribution in [0.3, 0.4) is 0 Å². The van der Waals surface area contributed by atoms with E-state index in [1.54, 1.807) is 30.3 Å². The number of hydrogen-bond acceptors (Lipinski definition) is 3. The number of benzene rings is 1. The van der Waals surface area contributed by atoms with Gasteiger partial charge in [0.05, 0.1) is 18.2 Å². The minimum atomic E-state index is -0.264. The van der Waals surface area contributed by atoms with E-state index in [0.717, 1.165) is 0 Å². The molecule has 0 spiro atoms. The molecule has 19 heavy (non-hydrogen) atoms. The number of aliphatic hydroxyl groups excluding tert-OH is 1. The molecule has 0 unspecified atom stereocenters. The first-order valence-corrected chi connectivity index (χ1v) is 6.34. The smallest absolute Gasteiger partial charge is 0.255 e. The Morgan fingerprint density at radius 3 is 2.74 bits per heavy atom. The molecule has 0 bridgehead atoms. The molecule has 1 amide bonds. The maximum atomic E-state index is 12.2. The Balaban J connectivity index is 2.83. The largest absolute Gasteiger partial charge is 0.489 e. The molecular weight excluding hydrogens is 242 g/mol. The van der Waals surface area contributed by atoms with Gasteiger partial charge < -0.3 is 15.2 Å². The van der Waals surface area contributed by atoms with Gasteiger partial charge in [0.2, 0.25) is 0 Å². The van der Waals surface area contributed by atoms with Gasteiger partial charge in [-0.05, 0) is 18.1 Å². The maximum absolute atomic E-state index is 12.2. The summed E-state index contributed by atoms with van der Waals surface area (Å²) in [7, 11) is 0. The van der Waals surface area contributed by atoms with E-state index < -0.39 is 0 Å². The summed E-state index contributed by atoms with van der Waals surface area (Å²) in [5.74, 6) is 0.433. The highest BCUT2D eigenvalue weighted by Crippen LogP contribution is 2.18. The molecule has 0 aliphatic heterocycles. The van der Waals surface area contributed by atoms with E-state index in [0.29, 0.717) is 17.9 Å². The van der Waals surface area contributed by atoms with Crippen LogP contribution in [0.2, 0.25) is 0 Å². The van der Waals surface area contributed by atoms with Crippen molar-refractivity contribution < 1.29 is 14.6 Å². The lowest BCUT2D eigenvalue weighted by Crippen LogP contribution is -2.41. The van der Waals surface area contributed by atoms with Gasteiger partial charge in [-0.25, -0.2) is 0 Å². The summed E-state index contributed by atoms with van der Waals surface area (Å²) in [6, 6.07) is 6.75. The van der Waals surface area contributed by atoms with Crippen molar-refractivity contribution in [3.63, 3.8) is 0 Å². The molecule has 0 saturated heterocycles. The van der Waals surface area contributed by atoms with Crippen LogP contribution >= 0.6 is 0 Å². The van der Waals surface area contributed by atoms with Crippen LogP contribution in [0.4, 0.5) is 0 Å². The number of ether oxygens (including phenoxy) is 1. The Kier molecular flexibility index (Phi) is 6.09. The summed E-state index contributed by atoms with van der Waals surface area (Å²) in [6.07, 6.45) is 1.62. The molecule has 104 valence electrons. The van der Waals surface area contributed by atoms with E-state index in [2.05, 4.69) is 11.9 Å². The third kappa shape index (κ3) is 4.41. The third-order valence-electron chi connectivity index (χ3n) is 2.81. The zero-order valence-corrected chi connectivity index (χ0v) is 11.4.